The number of hydrogen-bond acceptors (Lipinski definition) is 2. The molecule has 1 aromatic rings. The fourth-order valence-electron chi connectivity index (χ4n) is 1.82. The van der Waals surface area contributed by atoms with Crippen LogP contribution in [-0.4, -0.2) is 18.7 Å². The lowest BCUT2D eigenvalue weighted by atomic mass is 10.1. The van der Waals surface area contributed by atoms with Crippen molar-refractivity contribution in [1.82, 2.24) is 5.32 Å². The van der Waals surface area contributed by atoms with Crippen molar-refractivity contribution in [1.29, 1.82) is 0 Å². The minimum absolute atomic E-state index is 0.217. The maximum atomic E-state index is 6.04. The minimum Gasteiger partial charge on any atom is -0.492 e. The first-order valence-electron chi connectivity index (χ1n) is 7.21. The first-order valence-corrected chi connectivity index (χ1v) is 7.97. The van der Waals surface area contributed by atoms with Crippen molar-refractivity contribution in [3.8, 4) is 5.75 Å². The van der Waals surface area contributed by atoms with Gasteiger partial charge in [0.05, 0.1) is 11.6 Å². The van der Waals surface area contributed by atoms with Crippen LogP contribution in [0.1, 0.15) is 46.5 Å². The summed E-state index contributed by atoms with van der Waals surface area (Å²) in [6.45, 7) is 8.35. The van der Waals surface area contributed by atoms with Crippen LogP contribution in [0.15, 0.2) is 18.2 Å². The van der Waals surface area contributed by atoms with E-state index in [1.165, 1.54) is 19.3 Å². The highest BCUT2D eigenvalue weighted by molar-refractivity contribution is 6.35. The molecule has 1 aromatic carbocycles. The molecule has 1 rings (SSSR count). The standard InChI is InChI=1S/C16H25Cl2NO/c1-16(2,3)19-10-6-4-5-7-11-20-15-9-8-13(17)12-14(15)18/h8-9,12,19H,4-7,10-11H2,1-3H3. The smallest absolute Gasteiger partial charge is 0.137 e. The summed E-state index contributed by atoms with van der Waals surface area (Å²) in [6.07, 6.45) is 4.66. The van der Waals surface area contributed by atoms with Gasteiger partial charge in [-0.25, -0.2) is 0 Å². The van der Waals surface area contributed by atoms with Gasteiger partial charge in [-0.1, -0.05) is 36.0 Å². The Labute approximate surface area is 132 Å². The van der Waals surface area contributed by atoms with Crippen molar-refractivity contribution < 1.29 is 4.74 Å². The highest BCUT2D eigenvalue weighted by Gasteiger charge is 2.07. The molecule has 20 heavy (non-hydrogen) atoms. The molecule has 0 amide bonds. The van der Waals surface area contributed by atoms with Crippen molar-refractivity contribution in [3.05, 3.63) is 28.2 Å². The highest BCUT2D eigenvalue weighted by Crippen LogP contribution is 2.27. The summed E-state index contributed by atoms with van der Waals surface area (Å²) in [5.41, 5.74) is 0.217. The predicted molar refractivity (Wildman–Crippen MR) is 88.2 cm³/mol. The molecule has 2 nitrogen and oxygen atoms in total. The molecule has 0 aromatic heterocycles. The monoisotopic (exact) mass is 317 g/mol. The topological polar surface area (TPSA) is 21.3 Å². The molecule has 0 atom stereocenters. The van der Waals surface area contributed by atoms with Gasteiger partial charge in [0.1, 0.15) is 5.75 Å². The van der Waals surface area contributed by atoms with E-state index in [1.54, 1.807) is 12.1 Å². The molecule has 0 heterocycles. The average Bonchev–Trinajstić information content (AvgIpc) is 2.33. The largest absolute Gasteiger partial charge is 0.492 e. The summed E-state index contributed by atoms with van der Waals surface area (Å²) < 4.78 is 5.65. The lowest BCUT2D eigenvalue weighted by Crippen LogP contribution is -2.36. The Morgan fingerprint density at radius 2 is 1.75 bits per heavy atom. The van der Waals surface area contributed by atoms with E-state index >= 15 is 0 Å². The second-order valence-corrected chi connectivity index (χ2v) is 6.86. The van der Waals surface area contributed by atoms with Gasteiger partial charge in [0, 0.05) is 10.6 Å². The molecule has 0 aliphatic rings. The first-order chi connectivity index (χ1) is 9.38. The predicted octanol–water partition coefficient (Wildman–Crippen LogP) is 5.32. The number of rotatable bonds is 8. The Morgan fingerprint density at radius 3 is 2.40 bits per heavy atom. The molecule has 0 aliphatic carbocycles. The molecule has 0 aliphatic heterocycles. The van der Waals surface area contributed by atoms with Crippen LogP contribution in [0.2, 0.25) is 10.0 Å². The summed E-state index contributed by atoms with van der Waals surface area (Å²) in [6, 6.07) is 5.31. The lowest BCUT2D eigenvalue weighted by molar-refractivity contribution is 0.304. The fourth-order valence-corrected chi connectivity index (χ4v) is 2.28. The summed E-state index contributed by atoms with van der Waals surface area (Å²) in [5.74, 6) is 0.713. The quantitative estimate of drug-likeness (QED) is 0.655. The Bertz CT molecular complexity index is 402. The normalized spacial score (nSPS) is 11.7. The summed E-state index contributed by atoms with van der Waals surface area (Å²) in [7, 11) is 0. The average molecular weight is 318 g/mol. The third kappa shape index (κ3) is 7.98. The molecule has 0 saturated heterocycles. The van der Waals surface area contributed by atoms with Crippen LogP contribution in [0.5, 0.6) is 5.75 Å². The zero-order valence-corrected chi connectivity index (χ0v) is 14.2. The van der Waals surface area contributed by atoms with E-state index < -0.39 is 0 Å². The molecular formula is C16H25Cl2NO. The van der Waals surface area contributed by atoms with Crippen LogP contribution in [-0.2, 0) is 0 Å². The van der Waals surface area contributed by atoms with Gasteiger partial charge in [-0.05, 0) is 58.4 Å². The van der Waals surface area contributed by atoms with Crippen LogP contribution >= 0.6 is 23.2 Å². The fraction of sp³-hybridized carbons (Fsp3) is 0.625. The molecule has 0 saturated carbocycles. The Kier molecular flexibility index (Phi) is 7.71. The van der Waals surface area contributed by atoms with Gasteiger partial charge in [-0.3, -0.25) is 0 Å². The van der Waals surface area contributed by atoms with E-state index in [-0.39, 0.29) is 5.54 Å². The lowest BCUT2D eigenvalue weighted by Gasteiger charge is -2.20. The second-order valence-electron chi connectivity index (χ2n) is 6.01. The second kappa shape index (κ2) is 8.76. The Hall–Kier alpha value is -0.440. The Balaban J connectivity index is 2.05. The van der Waals surface area contributed by atoms with Crippen molar-refractivity contribution >= 4 is 23.2 Å². The number of benzene rings is 1. The highest BCUT2D eigenvalue weighted by atomic mass is 35.5. The third-order valence-corrected chi connectivity index (χ3v) is 3.41. The third-order valence-electron chi connectivity index (χ3n) is 2.88. The summed E-state index contributed by atoms with van der Waals surface area (Å²) >= 11 is 11.9. The molecule has 1 N–H and O–H groups in total. The van der Waals surface area contributed by atoms with Crippen LogP contribution in [0.3, 0.4) is 0 Å². The molecule has 0 unspecified atom stereocenters. The van der Waals surface area contributed by atoms with E-state index in [2.05, 4.69) is 26.1 Å². The number of ether oxygens (including phenoxy) is 1. The molecule has 0 spiro atoms. The zero-order chi connectivity index (χ0) is 15.0. The number of hydrogen-bond donors (Lipinski definition) is 1. The first kappa shape index (κ1) is 17.6. The van der Waals surface area contributed by atoms with E-state index in [0.717, 1.165) is 13.0 Å². The van der Waals surface area contributed by atoms with E-state index in [4.69, 9.17) is 27.9 Å². The minimum atomic E-state index is 0.217. The van der Waals surface area contributed by atoms with Crippen LogP contribution in [0.4, 0.5) is 0 Å². The van der Waals surface area contributed by atoms with Gasteiger partial charge in [0.15, 0.2) is 0 Å². The number of unbranched alkanes of at least 4 members (excludes halogenated alkanes) is 3. The number of nitrogens with one attached hydrogen (secondary N) is 1. The molecule has 4 heteroatoms. The van der Waals surface area contributed by atoms with E-state index in [0.29, 0.717) is 22.4 Å². The summed E-state index contributed by atoms with van der Waals surface area (Å²) in [4.78, 5) is 0. The Morgan fingerprint density at radius 1 is 1.05 bits per heavy atom. The molecular weight excluding hydrogens is 293 g/mol. The van der Waals surface area contributed by atoms with Gasteiger partial charge in [-0.15, -0.1) is 0 Å². The van der Waals surface area contributed by atoms with Crippen molar-refractivity contribution in [2.45, 2.75) is 52.0 Å². The SMILES string of the molecule is CC(C)(C)NCCCCCCOc1ccc(Cl)cc1Cl. The van der Waals surface area contributed by atoms with Crippen LogP contribution in [0, 0.1) is 0 Å². The maximum Gasteiger partial charge on any atom is 0.137 e. The van der Waals surface area contributed by atoms with Crippen molar-refractivity contribution in [2.24, 2.45) is 0 Å². The van der Waals surface area contributed by atoms with Crippen LogP contribution in [0.25, 0.3) is 0 Å². The van der Waals surface area contributed by atoms with Gasteiger partial charge in [0.25, 0.3) is 0 Å². The maximum absolute atomic E-state index is 6.04. The molecule has 0 radical (unpaired) electrons. The van der Waals surface area contributed by atoms with Gasteiger partial charge in [0.2, 0.25) is 0 Å². The van der Waals surface area contributed by atoms with Crippen LogP contribution < -0.4 is 10.1 Å². The summed E-state index contributed by atoms with van der Waals surface area (Å²) in [5, 5.41) is 4.70. The number of halogens is 2. The van der Waals surface area contributed by atoms with E-state index in [1.807, 2.05) is 6.07 Å². The van der Waals surface area contributed by atoms with E-state index in [9.17, 15) is 0 Å². The zero-order valence-electron chi connectivity index (χ0n) is 12.6. The molecule has 0 fully saturated rings. The van der Waals surface area contributed by atoms with Crippen molar-refractivity contribution in [3.63, 3.8) is 0 Å². The van der Waals surface area contributed by atoms with Gasteiger partial charge >= 0.3 is 0 Å². The van der Waals surface area contributed by atoms with Crippen molar-refractivity contribution in [2.75, 3.05) is 13.2 Å². The van der Waals surface area contributed by atoms with Gasteiger partial charge in [-0.2, -0.15) is 0 Å². The molecule has 114 valence electrons. The van der Waals surface area contributed by atoms with Gasteiger partial charge < -0.3 is 10.1 Å². The molecule has 0 bridgehead atoms.